The minimum atomic E-state index is 0.0821. The van der Waals surface area contributed by atoms with E-state index in [-0.39, 0.29) is 6.04 Å². The van der Waals surface area contributed by atoms with Crippen LogP contribution in [-0.4, -0.2) is 7.11 Å². The maximum absolute atomic E-state index is 6.17. The zero-order valence-corrected chi connectivity index (χ0v) is 10.8. The minimum absolute atomic E-state index is 0.0821. The summed E-state index contributed by atoms with van der Waals surface area (Å²) < 4.78 is 5.37. The van der Waals surface area contributed by atoms with Crippen molar-refractivity contribution < 1.29 is 4.74 Å². The van der Waals surface area contributed by atoms with Crippen LogP contribution in [0.3, 0.4) is 0 Å². The van der Waals surface area contributed by atoms with E-state index >= 15 is 0 Å². The van der Waals surface area contributed by atoms with Gasteiger partial charge in [-0.25, -0.2) is 0 Å². The lowest BCUT2D eigenvalue weighted by molar-refractivity contribution is 0.403. The molecule has 0 fully saturated rings. The Hall–Kier alpha value is -1.02. The zero-order valence-electron chi connectivity index (χ0n) is 10.8. The van der Waals surface area contributed by atoms with Gasteiger partial charge in [0, 0.05) is 11.6 Å². The molecule has 1 aromatic carbocycles. The Labute approximate surface area is 98.8 Å². The third-order valence-electron chi connectivity index (χ3n) is 2.92. The van der Waals surface area contributed by atoms with E-state index in [1.807, 2.05) is 6.07 Å². The number of ether oxygens (including phenoxy) is 1. The highest BCUT2D eigenvalue weighted by molar-refractivity contribution is 5.40. The molecule has 1 rings (SSSR count). The molecule has 90 valence electrons. The van der Waals surface area contributed by atoms with Crippen LogP contribution in [0, 0.1) is 0 Å². The summed E-state index contributed by atoms with van der Waals surface area (Å²) in [5.74, 6) is 1.43. The Bertz CT molecular complexity index is 334. The molecular weight excluding hydrogens is 198 g/mol. The van der Waals surface area contributed by atoms with Gasteiger partial charge in [0.1, 0.15) is 5.75 Å². The molecule has 1 aromatic rings. The first-order valence-corrected chi connectivity index (χ1v) is 6.03. The van der Waals surface area contributed by atoms with Gasteiger partial charge in [0.2, 0.25) is 0 Å². The first-order valence-electron chi connectivity index (χ1n) is 6.03. The smallest absolute Gasteiger partial charge is 0.123 e. The third kappa shape index (κ3) is 2.99. The summed E-state index contributed by atoms with van der Waals surface area (Å²) >= 11 is 0. The maximum atomic E-state index is 6.17. The van der Waals surface area contributed by atoms with Gasteiger partial charge < -0.3 is 10.5 Å². The number of rotatable bonds is 5. The lowest BCUT2D eigenvalue weighted by atomic mass is 9.95. The molecule has 1 atom stereocenters. The molecule has 2 N–H and O–H groups in total. The Morgan fingerprint density at radius 1 is 1.31 bits per heavy atom. The lowest BCUT2D eigenvalue weighted by Gasteiger charge is -2.17. The molecule has 0 unspecified atom stereocenters. The number of methoxy groups -OCH3 is 1. The van der Waals surface area contributed by atoms with Crippen molar-refractivity contribution in [2.45, 2.75) is 45.6 Å². The van der Waals surface area contributed by atoms with Crippen LogP contribution < -0.4 is 10.5 Å². The van der Waals surface area contributed by atoms with Crippen molar-refractivity contribution in [3.63, 3.8) is 0 Å². The number of hydrogen-bond acceptors (Lipinski definition) is 2. The summed E-state index contributed by atoms with van der Waals surface area (Å²) in [6.07, 6.45) is 2.09. The van der Waals surface area contributed by atoms with Crippen molar-refractivity contribution in [3.05, 3.63) is 29.3 Å². The predicted octanol–water partition coefficient (Wildman–Crippen LogP) is 3.62. The Morgan fingerprint density at radius 3 is 2.50 bits per heavy atom. The lowest BCUT2D eigenvalue weighted by Crippen LogP contribution is -2.11. The molecule has 0 aliphatic heterocycles. The van der Waals surface area contributed by atoms with Gasteiger partial charge in [-0.1, -0.05) is 39.3 Å². The molecule has 0 aromatic heterocycles. The van der Waals surface area contributed by atoms with E-state index in [0.717, 1.165) is 24.2 Å². The molecule has 0 saturated heterocycles. The van der Waals surface area contributed by atoms with Gasteiger partial charge in [-0.2, -0.15) is 0 Å². The van der Waals surface area contributed by atoms with Gasteiger partial charge >= 0.3 is 0 Å². The fourth-order valence-electron chi connectivity index (χ4n) is 1.87. The van der Waals surface area contributed by atoms with E-state index in [9.17, 15) is 0 Å². The van der Waals surface area contributed by atoms with E-state index in [2.05, 4.69) is 32.9 Å². The second-order valence-electron chi connectivity index (χ2n) is 4.55. The SMILES string of the molecule is CCC[C@H](N)c1cc(C(C)C)ccc1OC. The van der Waals surface area contributed by atoms with Crippen LogP contribution in [0.15, 0.2) is 18.2 Å². The molecule has 0 aliphatic carbocycles. The molecular formula is C14H23NO. The largest absolute Gasteiger partial charge is 0.496 e. The summed E-state index contributed by atoms with van der Waals surface area (Å²) in [5.41, 5.74) is 8.63. The number of hydrogen-bond donors (Lipinski definition) is 1. The van der Waals surface area contributed by atoms with E-state index in [1.54, 1.807) is 7.11 Å². The topological polar surface area (TPSA) is 35.2 Å². The summed E-state index contributed by atoms with van der Waals surface area (Å²) in [6.45, 7) is 6.53. The monoisotopic (exact) mass is 221 g/mol. The van der Waals surface area contributed by atoms with Crippen LogP contribution >= 0.6 is 0 Å². The molecule has 0 spiro atoms. The second-order valence-corrected chi connectivity index (χ2v) is 4.55. The van der Waals surface area contributed by atoms with Crippen molar-refractivity contribution in [1.82, 2.24) is 0 Å². The first-order chi connectivity index (χ1) is 7.60. The van der Waals surface area contributed by atoms with Crippen LogP contribution in [0.4, 0.5) is 0 Å². The van der Waals surface area contributed by atoms with Crippen LogP contribution in [0.25, 0.3) is 0 Å². The molecule has 0 amide bonds. The van der Waals surface area contributed by atoms with Crippen molar-refractivity contribution >= 4 is 0 Å². The van der Waals surface area contributed by atoms with Gasteiger partial charge in [0.15, 0.2) is 0 Å². The molecule has 16 heavy (non-hydrogen) atoms. The molecule has 2 heteroatoms. The quantitative estimate of drug-likeness (QED) is 0.824. The summed E-state index contributed by atoms with van der Waals surface area (Å²) in [7, 11) is 1.70. The minimum Gasteiger partial charge on any atom is -0.496 e. The van der Waals surface area contributed by atoms with Crippen molar-refractivity contribution in [2.24, 2.45) is 5.73 Å². The summed E-state index contributed by atoms with van der Waals surface area (Å²) in [5, 5.41) is 0. The van der Waals surface area contributed by atoms with Gasteiger partial charge in [-0.05, 0) is 24.0 Å². The molecule has 2 nitrogen and oxygen atoms in total. The van der Waals surface area contributed by atoms with Crippen LogP contribution in [-0.2, 0) is 0 Å². The van der Waals surface area contributed by atoms with Crippen molar-refractivity contribution in [3.8, 4) is 5.75 Å². The molecule has 0 heterocycles. The Morgan fingerprint density at radius 2 is 2.00 bits per heavy atom. The number of benzene rings is 1. The fraction of sp³-hybridized carbons (Fsp3) is 0.571. The highest BCUT2D eigenvalue weighted by Gasteiger charge is 2.12. The summed E-state index contributed by atoms with van der Waals surface area (Å²) in [4.78, 5) is 0. The second kappa shape index (κ2) is 5.90. The highest BCUT2D eigenvalue weighted by atomic mass is 16.5. The maximum Gasteiger partial charge on any atom is 0.123 e. The Kier molecular flexibility index (Phi) is 4.81. The van der Waals surface area contributed by atoms with Crippen LogP contribution in [0.2, 0.25) is 0 Å². The van der Waals surface area contributed by atoms with E-state index in [4.69, 9.17) is 10.5 Å². The third-order valence-corrected chi connectivity index (χ3v) is 2.92. The zero-order chi connectivity index (χ0) is 12.1. The van der Waals surface area contributed by atoms with Gasteiger partial charge in [-0.3, -0.25) is 0 Å². The molecule has 0 radical (unpaired) electrons. The average molecular weight is 221 g/mol. The molecule has 0 bridgehead atoms. The van der Waals surface area contributed by atoms with Gasteiger partial charge in [-0.15, -0.1) is 0 Å². The van der Waals surface area contributed by atoms with Gasteiger partial charge in [0.05, 0.1) is 7.11 Å². The van der Waals surface area contributed by atoms with Crippen LogP contribution in [0.5, 0.6) is 5.75 Å². The molecule has 0 saturated carbocycles. The van der Waals surface area contributed by atoms with E-state index in [0.29, 0.717) is 5.92 Å². The number of nitrogens with two attached hydrogens (primary N) is 1. The average Bonchev–Trinajstić information content (AvgIpc) is 2.28. The molecule has 0 aliphatic rings. The van der Waals surface area contributed by atoms with E-state index in [1.165, 1.54) is 5.56 Å². The van der Waals surface area contributed by atoms with Crippen LogP contribution in [0.1, 0.15) is 56.7 Å². The van der Waals surface area contributed by atoms with Gasteiger partial charge in [0.25, 0.3) is 0 Å². The Balaban J connectivity index is 3.06. The standard InChI is InChI=1S/C14H23NO/c1-5-6-13(15)12-9-11(10(2)3)7-8-14(12)16-4/h7-10,13H,5-6,15H2,1-4H3/t13-/m0/s1. The highest BCUT2D eigenvalue weighted by Crippen LogP contribution is 2.29. The predicted molar refractivity (Wildman–Crippen MR) is 68.9 cm³/mol. The van der Waals surface area contributed by atoms with Crippen molar-refractivity contribution in [1.29, 1.82) is 0 Å². The van der Waals surface area contributed by atoms with E-state index < -0.39 is 0 Å². The van der Waals surface area contributed by atoms with Crippen molar-refractivity contribution in [2.75, 3.05) is 7.11 Å². The normalized spacial score (nSPS) is 12.9. The fourth-order valence-corrected chi connectivity index (χ4v) is 1.87. The summed E-state index contributed by atoms with van der Waals surface area (Å²) in [6, 6.07) is 6.41. The first kappa shape index (κ1) is 13.0.